The summed E-state index contributed by atoms with van der Waals surface area (Å²) in [5, 5.41) is 11.4. The molecule has 0 saturated carbocycles. The average Bonchev–Trinajstić information content (AvgIpc) is 1.72. The highest BCUT2D eigenvalue weighted by Crippen LogP contribution is 2.32. The molecule has 0 radical (unpaired) electrons. The Morgan fingerprint density at radius 2 is 0.657 bits per heavy atom. The smallest absolute Gasteiger partial charge is 0.224 e. The molecule has 0 bridgehead atoms. The van der Waals surface area contributed by atoms with Gasteiger partial charge in [-0.1, -0.05) is 37.3 Å². The number of thiol groups is 1. The van der Waals surface area contributed by atoms with Crippen molar-refractivity contribution in [2.24, 2.45) is 151 Å². The summed E-state index contributed by atoms with van der Waals surface area (Å²) in [5.74, 6) is -12.1. The van der Waals surface area contributed by atoms with E-state index in [4.69, 9.17) is 86.0 Å². The molecule has 0 spiro atoms. The molecule has 1 aromatic rings. The van der Waals surface area contributed by atoms with E-state index in [1.165, 1.54) is 0 Å². The van der Waals surface area contributed by atoms with Gasteiger partial charge in [-0.05, 0) is 119 Å². The van der Waals surface area contributed by atoms with Crippen LogP contribution >= 0.6 is 12.6 Å². The van der Waals surface area contributed by atoms with Crippen LogP contribution in [0.4, 0.5) is 0 Å². The highest BCUT2D eigenvalue weighted by Gasteiger charge is 2.36. The summed E-state index contributed by atoms with van der Waals surface area (Å²) in [5.41, 5.74) is 86.9. The Bertz CT molecular complexity index is 3050. The standard InChI is InChI=1S/C63H110N26O9S/c1-2-36(13-5-23-79-57(65)66)53(95)86-44(18-9-27-83-61(73)74)48(90)31-39(14-6-24-80-58(67)68)54(96)87-45(19-10-28-84-62(75)76)49(91)32-40(15-7-25-81-59(69)70)55(97)88-46(20-11-29-85-63(77)78)50(92)33-41(16-8-26-82-60(71)72)56(98)89-47(51(93)34-42(35-99)52(64)94)30-38-22-21-37-12-3-4-17-43(37)38/h3-4,12,17,22,36,39-42,44-47,99H,2,5-11,13-16,18-21,23-35H2,1H3,(H2,64,94)(H,86,95)(H,87,96)(H,88,97)(H,89,98)(H4,65,66,79)(H4,67,68,80)(H4,69,70,81)(H4,71,72,82)(H4,73,74,83)(H4,75,76,84)(H4,77,78,85)/t36-,39+,40+,41+,42-,44-,45-,46-,47-/m1/s1. The quantitative estimate of drug-likeness (QED) is 0.0128. The maximum Gasteiger partial charge on any atom is 0.224 e. The van der Waals surface area contributed by atoms with Crippen LogP contribution in [0.15, 0.2) is 65.3 Å². The number of nitrogens with one attached hydrogen (secondary N) is 4. The lowest BCUT2D eigenvalue weighted by molar-refractivity contribution is -0.136. The number of aliphatic imine (C=N–C) groups is 7. The number of primary amides is 1. The lowest BCUT2D eigenvalue weighted by atomic mass is 9.88. The minimum absolute atomic E-state index is 0.0143. The van der Waals surface area contributed by atoms with Crippen molar-refractivity contribution in [3.8, 4) is 0 Å². The van der Waals surface area contributed by atoms with Crippen molar-refractivity contribution in [1.82, 2.24) is 21.3 Å². The number of nitrogens with zero attached hydrogens (tertiary/aromatic N) is 7. The number of hydrogen-bond donors (Lipinski definition) is 20. The second-order valence-electron chi connectivity index (χ2n) is 24.3. The topological polar surface area (TPSA) is 679 Å². The van der Waals surface area contributed by atoms with Gasteiger partial charge >= 0.3 is 0 Å². The van der Waals surface area contributed by atoms with Crippen molar-refractivity contribution in [3.05, 3.63) is 41.5 Å². The van der Waals surface area contributed by atoms with E-state index in [1.807, 2.05) is 37.3 Å². The molecule has 5 amide bonds. The van der Waals surface area contributed by atoms with Crippen LogP contribution in [0.25, 0.3) is 5.57 Å². The van der Waals surface area contributed by atoms with Gasteiger partial charge in [0.25, 0.3) is 0 Å². The van der Waals surface area contributed by atoms with E-state index >= 15 is 0 Å². The summed E-state index contributed by atoms with van der Waals surface area (Å²) in [4.78, 5) is 158. The van der Waals surface area contributed by atoms with E-state index in [9.17, 15) is 43.2 Å². The highest BCUT2D eigenvalue weighted by atomic mass is 32.1. The third kappa shape index (κ3) is 35.9. The number of fused-ring (bicyclic) bond motifs is 1. The molecular formula is C63H110N26O9S. The largest absolute Gasteiger partial charge is 0.370 e. The van der Waals surface area contributed by atoms with Crippen LogP contribution in [0, 0.1) is 29.6 Å². The van der Waals surface area contributed by atoms with Crippen LogP contribution in [0.5, 0.6) is 0 Å². The number of nitrogens with two attached hydrogens (primary N) is 15. The zero-order chi connectivity index (χ0) is 74.0. The minimum atomic E-state index is -1.34. The number of benzene rings is 1. The van der Waals surface area contributed by atoms with E-state index in [2.05, 4.69) is 68.8 Å². The first-order chi connectivity index (χ1) is 47.0. The van der Waals surface area contributed by atoms with E-state index in [1.54, 1.807) is 0 Å². The highest BCUT2D eigenvalue weighted by molar-refractivity contribution is 7.80. The summed E-state index contributed by atoms with van der Waals surface area (Å²) in [6, 6.07) is 2.63. The first-order valence-electron chi connectivity index (χ1n) is 33.3. The maximum absolute atomic E-state index is 15.0. The molecule has 0 aromatic heterocycles. The number of allylic oxidation sites excluding steroid dienone is 1. The van der Waals surface area contributed by atoms with Crippen molar-refractivity contribution in [3.63, 3.8) is 0 Å². The summed E-state index contributed by atoms with van der Waals surface area (Å²) in [7, 11) is 0. The maximum atomic E-state index is 15.0. The third-order valence-corrected chi connectivity index (χ3v) is 16.9. The number of amides is 5. The van der Waals surface area contributed by atoms with Crippen molar-refractivity contribution in [1.29, 1.82) is 0 Å². The molecule has 36 heteroatoms. The van der Waals surface area contributed by atoms with Crippen LogP contribution in [-0.2, 0) is 49.6 Å². The molecule has 34 N–H and O–H groups in total. The Kier molecular flexibility index (Phi) is 40.7. The first-order valence-corrected chi connectivity index (χ1v) is 34.0. The van der Waals surface area contributed by atoms with Gasteiger partial charge in [-0.25, -0.2) is 0 Å². The SMILES string of the molecule is CC[C@H](CCCN=C(N)N)C(=O)N[C@H](CCCN=C(N)N)C(=O)C[C@H](CCCN=C(N)N)C(=O)N[C@H](CCCN=C(N)N)C(=O)C[C@H](CCCN=C(N)N)C(=O)N[C@H](CCCN=C(N)N)C(=O)C[C@H](CCCN=C(N)N)C(=O)N[C@H](CC1=CCc2ccccc21)C(=O)C[C@H](CS)C(N)=O. The molecule has 0 aliphatic heterocycles. The van der Waals surface area contributed by atoms with Crippen molar-refractivity contribution in [2.75, 3.05) is 51.6 Å². The van der Waals surface area contributed by atoms with Crippen LogP contribution in [0.1, 0.15) is 146 Å². The predicted molar refractivity (Wildman–Crippen MR) is 389 cm³/mol. The normalized spacial score (nSPS) is 14.1. The second-order valence-corrected chi connectivity index (χ2v) is 24.7. The van der Waals surface area contributed by atoms with Gasteiger partial charge in [-0.3, -0.25) is 78.1 Å². The van der Waals surface area contributed by atoms with Crippen molar-refractivity contribution >= 4 is 113 Å². The first kappa shape index (κ1) is 85.3. The van der Waals surface area contributed by atoms with Gasteiger partial charge in [0.2, 0.25) is 29.5 Å². The fraction of sp³-hybridized carbons (Fsp3) is 0.619. The number of rotatable bonds is 53. The van der Waals surface area contributed by atoms with Gasteiger partial charge in [0.05, 0.1) is 30.1 Å². The molecular weight excluding hydrogens is 1300 g/mol. The molecule has 9 atom stereocenters. The van der Waals surface area contributed by atoms with Gasteiger partial charge in [0.1, 0.15) is 0 Å². The van der Waals surface area contributed by atoms with E-state index in [0.29, 0.717) is 25.7 Å². The molecule has 0 unspecified atom stereocenters. The van der Waals surface area contributed by atoms with Crippen molar-refractivity contribution in [2.45, 2.75) is 166 Å². The summed E-state index contributed by atoms with van der Waals surface area (Å²) >= 11 is 4.25. The van der Waals surface area contributed by atoms with Crippen LogP contribution in [0.3, 0.4) is 0 Å². The average molecular weight is 1410 g/mol. The number of guanidine groups is 7. The summed E-state index contributed by atoms with van der Waals surface area (Å²) in [6.45, 7) is 2.40. The molecule has 99 heavy (non-hydrogen) atoms. The molecule has 1 aromatic carbocycles. The van der Waals surface area contributed by atoms with Crippen molar-refractivity contribution < 1.29 is 43.2 Å². The Morgan fingerprint density at radius 1 is 0.384 bits per heavy atom. The Morgan fingerprint density at radius 3 is 0.960 bits per heavy atom. The molecule has 0 saturated heterocycles. The Labute approximate surface area is 584 Å². The zero-order valence-electron chi connectivity index (χ0n) is 57.0. The lowest BCUT2D eigenvalue weighted by Crippen LogP contribution is -2.49. The van der Waals surface area contributed by atoms with E-state index in [0.717, 1.165) is 16.7 Å². The molecule has 552 valence electrons. The summed E-state index contributed by atoms with van der Waals surface area (Å²) < 4.78 is 0. The minimum Gasteiger partial charge on any atom is -0.370 e. The molecule has 1 aliphatic carbocycles. The summed E-state index contributed by atoms with van der Waals surface area (Å²) in [6.07, 6.45) is 3.07. The van der Waals surface area contributed by atoms with Crippen LogP contribution in [0.2, 0.25) is 0 Å². The predicted octanol–water partition coefficient (Wildman–Crippen LogP) is -3.93. The molecule has 2 rings (SSSR count). The second kappa shape index (κ2) is 47.2. The zero-order valence-corrected chi connectivity index (χ0v) is 57.9. The van der Waals surface area contributed by atoms with Gasteiger partial charge in [-0.2, -0.15) is 12.6 Å². The van der Waals surface area contributed by atoms with Crippen LogP contribution in [-0.4, -0.2) is 170 Å². The molecule has 1 aliphatic rings. The number of hydrogen-bond acceptors (Lipinski definition) is 17. The molecule has 35 nitrogen and oxygen atoms in total. The van der Waals surface area contributed by atoms with Crippen LogP contribution < -0.4 is 107 Å². The van der Waals surface area contributed by atoms with Gasteiger partial charge in [0.15, 0.2) is 64.8 Å². The third-order valence-electron chi connectivity index (χ3n) is 16.4. The number of Topliss-reactive ketones (excluding diaryl/α,β-unsaturated/α-hetero) is 4. The number of carbonyl (C=O) groups excluding carboxylic acids is 9. The lowest BCUT2D eigenvalue weighted by Gasteiger charge is -2.27. The molecule has 0 fully saturated rings. The van der Waals surface area contributed by atoms with E-state index < -0.39 is 126 Å². The molecule has 0 heterocycles. The van der Waals surface area contributed by atoms with E-state index in [-0.39, 0.29) is 183 Å². The fourth-order valence-corrected chi connectivity index (χ4v) is 11.4. The van der Waals surface area contributed by atoms with Gasteiger partial charge in [0, 0.05) is 107 Å². The number of ketones is 4. The monoisotopic (exact) mass is 1410 g/mol. The Balaban J connectivity index is 2.73. The Hall–Kier alpha value is -9.77. The van der Waals surface area contributed by atoms with Gasteiger partial charge in [-0.15, -0.1) is 0 Å². The fourth-order valence-electron chi connectivity index (χ4n) is 11.1. The number of carbonyl (C=O) groups is 9. The van der Waals surface area contributed by atoms with Gasteiger partial charge < -0.3 is 107 Å².